The van der Waals surface area contributed by atoms with Crippen LogP contribution < -0.4 is 5.32 Å². The molecular weight excluding hydrogens is 230 g/mol. The van der Waals surface area contributed by atoms with Crippen LogP contribution in [0.25, 0.3) is 0 Å². The fourth-order valence-corrected chi connectivity index (χ4v) is 1.99. The van der Waals surface area contributed by atoms with Crippen LogP contribution in [0.15, 0.2) is 30.3 Å². The minimum absolute atomic E-state index is 0.0683. The molecule has 0 spiro atoms. The summed E-state index contributed by atoms with van der Waals surface area (Å²) in [5.41, 5.74) is 1.24. The maximum absolute atomic E-state index is 11.6. The van der Waals surface area contributed by atoms with Crippen molar-refractivity contribution in [2.75, 3.05) is 6.61 Å². The number of carbonyl (C=O) groups excluding carboxylic acids is 2. The highest BCUT2D eigenvalue weighted by Crippen LogP contribution is 2.08. The predicted molar refractivity (Wildman–Crippen MR) is 66.9 cm³/mol. The van der Waals surface area contributed by atoms with Gasteiger partial charge in [-0.2, -0.15) is 0 Å². The maximum Gasteiger partial charge on any atom is 0.328 e. The molecule has 0 unspecified atom stereocenters. The SMILES string of the molecule is O=C1CC[C@H](C(=O)OCCCc2ccccc2)N1. The monoisotopic (exact) mass is 247 g/mol. The Hall–Kier alpha value is -1.84. The summed E-state index contributed by atoms with van der Waals surface area (Å²) >= 11 is 0. The lowest BCUT2D eigenvalue weighted by Gasteiger charge is -2.09. The van der Waals surface area contributed by atoms with E-state index < -0.39 is 6.04 Å². The van der Waals surface area contributed by atoms with Crippen LogP contribution in [0.3, 0.4) is 0 Å². The van der Waals surface area contributed by atoms with Crippen LogP contribution in [0, 0.1) is 0 Å². The molecule has 1 aromatic carbocycles. The van der Waals surface area contributed by atoms with Gasteiger partial charge in [-0.05, 0) is 24.8 Å². The van der Waals surface area contributed by atoms with Crippen molar-refractivity contribution >= 4 is 11.9 Å². The van der Waals surface area contributed by atoms with Crippen molar-refractivity contribution in [3.8, 4) is 0 Å². The van der Waals surface area contributed by atoms with Crippen molar-refractivity contribution in [2.45, 2.75) is 31.7 Å². The molecule has 4 heteroatoms. The first-order chi connectivity index (χ1) is 8.75. The molecule has 1 aliphatic heterocycles. The molecule has 1 saturated heterocycles. The first-order valence-electron chi connectivity index (χ1n) is 6.25. The summed E-state index contributed by atoms with van der Waals surface area (Å²) < 4.78 is 5.14. The van der Waals surface area contributed by atoms with Crippen molar-refractivity contribution in [3.05, 3.63) is 35.9 Å². The minimum Gasteiger partial charge on any atom is -0.464 e. The number of hydrogen-bond acceptors (Lipinski definition) is 3. The molecule has 0 radical (unpaired) electrons. The summed E-state index contributed by atoms with van der Waals surface area (Å²) in [6.45, 7) is 0.403. The van der Waals surface area contributed by atoms with Gasteiger partial charge >= 0.3 is 5.97 Å². The third-order valence-electron chi connectivity index (χ3n) is 2.98. The van der Waals surface area contributed by atoms with Crippen LogP contribution >= 0.6 is 0 Å². The molecule has 18 heavy (non-hydrogen) atoms. The molecule has 1 heterocycles. The van der Waals surface area contributed by atoms with E-state index in [0.29, 0.717) is 19.4 Å². The van der Waals surface area contributed by atoms with Gasteiger partial charge in [0.2, 0.25) is 5.91 Å². The van der Waals surface area contributed by atoms with Gasteiger partial charge in [0.1, 0.15) is 6.04 Å². The number of esters is 1. The highest BCUT2D eigenvalue weighted by molar-refractivity contribution is 5.87. The fourth-order valence-electron chi connectivity index (χ4n) is 1.99. The van der Waals surface area contributed by atoms with E-state index in [9.17, 15) is 9.59 Å². The lowest BCUT2D eigenvalue weighted by atomic mass is 10.1. The van der Waals surface area contributed by atoms with E-state index >= 15 is 0 Å². The van der Waals surface area contributed by atoms with Gasteiger partial charge in [-0.1, -0.05) is 30.3 Å². The Labute approximate surface area is 106 Å². The van der Waals surface area contributed by atoms with Crippen LogP contribution in [-0.4, -0.2) is 24.5 Å². The summed E-state index contributed by atoms with van der Waals surface area (Å²) in [5, 5.41) is 2.60. The Bertz CT molecular complexity index is 416. The molecule has 0 saturated carbocycles. The van der Waals surface area contributed by atoms with Gasteiger partial charge in [0.05, 0.1) is 6.61 Å². The quantitative estimate of drug-likeness (QED) is 0.632. The van der Waals surface area contributed by atoms with E-state index in [0.717, 1.165) is 12.8 Å². The molecule has 2 rings (SSSR count). The van der Waals surface area contributed by atoms with Crippen LogP contribution in [0.4, 0.5) is 0 Å². The molecule has 1 aromatic rings. The van der Waals surface area contributed by atoms with Gasteiger partial charge in [-0.3, -0.25) is 4.79 Å². The van der Waals surface area contributed by atoms with Gasteiger partial charge in [0.15, 0.2) is 0 Å². The maximum atomic E-state index is 11.6. The third kappa shape index (κ3) is 3.58. The average Bonchev–Trinajstić information content (AvgIpc) is 2.82. The molecular formula is C14H17NO3. The summed E-state index contributed by atoms with van der Waals surface area (Å²) in [5.74, 6) is -0.379. The Morgan fingerprint density at radius 3 is 2.78 bits per heavy atom. The molecule has 0 bridgehead atoms. The molecule has 1 N–H and O–H groups in total. The number of hydrogen-bond donors (Lipinski definition) is 1. The predicted octanol–water partition coefficient (Wildman–Crippen LogP) is 1.44. The summed E-state index contributed by atoms with van der Waals surface area (Å²) in [4.78, 5) is 22.5. The first-order valence-corrected chi connectivity index (χ1v) is 6.25. The molecule has 4 nitrogen and oxygen atoms in total. The van der Waals surface area contributed by atoms with Gasteiger partial charge in [0.25, 0.3) is 0 Å². The molecule has 1 fully saturated rings. The van der Waals surface area contributed by atoms with Crippen molar-refractivity contribution in [1.29, 1.82) is 0 Å². The second-order valence-electron chi connectivity index (χ2n) is 4.42. The zero-order chi connectivity index (χ0) is 12.8. The zero-order valence-corrected chi connectivity index (χ0v) is 10.2. The smallest absolute Gasteiger partial charge is 0.328 e. The highest BCUT2D eigenvalue weighted by atomic mass is 16.5. The first kappa shape index (κ1) is 12.6. The molecule has 1 aliphatic rings. The number of ether oxygens (including phenoxy) is 1. The molecule has 96 valence electrons. The van der Waals surface area contributed by atoms with Crippen molar-refractivity contribution in [3.63, 3.8) is 0 Å². The van der Waals surface area contributed by atoms with Crippen LogP contribution in [-0.2, 0) is 20.7 Å². The number of rotatable bonds is 5. The van der Waals surface area contributed by atoms with E-state index in [-0.39, 0.29) is 11.9 Å². The van der Waals surface area contributed by atoms with Crippen molar-refractivity contribution in [2.24, 2.45) is 0 Å². The highest BCUT2D eigenvalue weighted by Gasteiger charge is 2.28. The van der Waals surface area contributed by atoms with E-state index in [1.165, 1.54) is 5.56 Å². The van der Waals surface area contributed by atoms with Gasteiger partial charge in [-0.25, -0.2) is 4.79 Å². The lowest BCUT2D eigenvalue weighted by molar-refractivity contribution is -0.146. The normalized spacial score (nSPS) is 18.4. The number of aryl methyl sites for hydroxylation is 1. The largest absolute Gasteiger partial charge is 0.464 e. The van der Waals surface area contributed by atoms with Crippen molar-refractivity contribution < 1.29 is 14.3 Å². The zero-order valence-electron chi connectivity index (χ0n) is 10.2. The number of benzene rings is 1. The number of amides is 1. The van der Waals surface area contributed by atoms with Gasteiger partial charge in [-0.15, -0.1) is 0 Å². The van der Waals surface area contributed by atoms with Crippen molar-refractivity contribution in [1.82, 2.24) is 5.32 Å². The summed E-state index contributed by atoms with van der Waals surface area (Å²) in [7, 11) is 0. The van der Waals surface area contributed by atoms with E-state index in [2.05, 4.69) is 17.4 Å². The van der Waals surface area contributed by atoms with E-state index in [4.69, 9.17) is 4.74 Å². The summed E-state index contributed by atoms with van der Waals surface area (Å²) in [6, 6.07) is 9.64. The van der Waals surface area contributed by atoms with Crippen LogP contribution in [0.1, 0.15) is 24.8 Å². The van der Waals surface area contributed by atoms with E-state index in [1.807, 2.05) is 18.2 Å². The summed E-state index contributed by atoms with van der Waals surface area (Å²) in [6.07, 6.45) is 2.67. The molecule has 1 amide bonds. The van der Waals surface area contributed by atoms with Gasteiger partial charge < -0.3 is 10.1 Å². The third-order valence-corrected chi connectivity index (χ3v) is 2.98. The lowest BCUT2D eigenvalue weighted by Crippen LogP contribution is -2.34. The molecule has 1 atom stereocenters. The molecule has 0 aliphatic carbocycles. The van der Waals surface area contributed by atoms with Crippen LogP contribution in [0.5, 0.6) is 0 Å². The second kappa shape index (κ2) is 6.19. The topological polar surface area (TPSA) is 55.4 Å². The Morgan fingerprint density at radius 2 is 2.11 bits per heavy atom. The minimum atomic E-state index is -0.436. The standard InChI is InChI=1S/C14H17NO3/c16-13-9-8-12(15-13)14(17)18-10-4-7-11-5-2-1-3-6-11/h1-3,5-6,12H,4,7-10H2,(H,15,16)/t12-/m1/s1. The Kier molecular flexibility index (Phi) is 4.34. The molecule has 0 aromatic heterocycles. The fraction of sp³-hybridized carbons (Fsp3) is 0.429. The van der Waals surface area contributed by atoms with E-state index in [1.54, 1.807) is 0 Å². The number of nitrogens with one attached hydrogen (secondary N) is 1. The average molecular weight is 247 g/mol. The van der Waals surface area contributed by atoms with Gasteiger partial charge in [0, 0.05) is 6.42 Å². The van der Waals surface area contributed by atoms with Crippen LogP contribution in [0.2, 0.25) is 0 Å². The second-order valence-corrected chi connectivity index (χ2v) is 4.42. The Morgan fingerprint density at radius 1 is 1.33 bits per heavy atom. The number of carbonyl (C=O) groups is 2. The Balaban J connectivity index is 1.63.